The summed E-state index contributed by atoms with van der Waals surface area (Å²) in [6, 6.07) is 10.8. The van der Waals surface area contributed by atoms with Crippen molar-refractivity contribution >= 4 is 21.6 Å². The highest BCUT2D eigenvalue weighted by atomic mass is 32.2. The molecule has 6 nitrogen and oxygen atoms in total. The summed E-state index contributed by atoms with van der Waals surface area (Å²) >= 11 is 0. The summed E-state index contributed by atoms with van der Waals surface area (Å²) < 4.78 is 46.2. The van der Waals surface area contributed by atoms with Gasteiger partial charge in [0, 0.05) is 24.7 Å². The Bertz CT molecular complexity index is 998. The standard InChI is InChI=1S/C22H27FN2O4S/c1-15(2)17-4-9-20(29-3)21(14-17)30(27,28)25-12-10-16(11-13-25)22(26)24-19-7-5-18(23)6-8-19/h4-9,14-16H,10-13H2,1-3H3,(H,24,26). The Morgan fingerprint density at radius 2 is 1.77 bits per heavy atom. The molecule has 3 rings (SSSR count). The van der Waals surface area contributed by atoms with Gasteiger partial charge in [-0.25, -0.2) is 12.8 Å². The fourth-order valence-corrected chi connectivity index (χ4v) is 5.19. The topological polar surface area (TPSA) is 75.7 Å². The largest absolute Gasteiger partial charge is 0.495 e. The van der Waals surface area contributed by atoms with Gasteiger partial charge in [-0.05, 0) is 60.7 Å². The molecular formula is C22H27FN2O4S. The van der Waals surface area contributed by atoms with Gasteiger partial charge in [-0.1, -0.05) is 19.9 Å². The lowest BCUT2D eigenvalue weighted by molar-refractivity contribution is -0.120. The van der Waals surface area contributed by atoms with Gasteiger partial charge in [-0.2, -0.15) is 4.31 Å². The summed E-state index contributed by atoms with van der Waals surface area (Å²) in [5, 5.41) is 2.77. The van der Waals surface area contributed by atoms with Crippen molar-refractivity contribution in [2.24, 2.45) is 5.92 Å². The molecule has 8 heteroatoms. The van der Waals surface area contributed by atoms with Crippen molar-refractivity contribution in [2.45, 2.75) is 37.5 Å². The van der Waals surface area contributed by atoms with Gasteiger partial charge in [0.15, 0.2) is 0 Å². The Hall–Kier alpha value is -2.45. The summed E-state index contributed by atoms with van der Waals surface area (Å²) in [4.78, 5) is 12.7. The first-order valence-corrected chi connectivity index (χ1v) is 11.4. The maximum atomic E-state index is 13.3. The summed E-state index contributed by atoms with van der Waals surface area (Å²) in [6.45, 7) is 4.50. The van der Waals surface area contributed by atoms with Crippen molar-refractivity contribution in [2.75, 3.05) is 25.5 Å². The number of nitrogens with zero attached hydrogens (tertiary/aromatic N) is 1. The van der Waals surface area contributed by atoms with Crippen LogP contribution < -0.4 is 10.1 Å². The van der Waals surface area contributed by atoms with Crippen molar-refractivity contribution < 1.29 is 22.3 Å². The van der Waals surface area contributed by atoms with Crippen LogP contribution in [-0.4, -0.2) is 38.8 Å². The predicted molar refractivity (Wildman–Crippen MR) is 114 cm³/mol. The molecule has 0 radical (unpaired) electrons. The number of piperidine rings is 1. The van der Waals surface area contributed by atoms with E-state index in [1.54, 1.807) is 12.1 Å². The van der Waals surface area contributed by atoms with E-state index < -0.39 is 10.0 Å². The molecule has 2 aromatic carbocycles. The van der Waals surface area contributed by atoms with E-state index in [4.69, 9.17) is 4.74 Å². The zero-order valence-electron chi connectivity index (χ0n) is 17.4. The van der Waals surface area contributed by atoms with Crippen LogP contribution in [0.2, 0.25) is 0 Å². The van der Waals surface area contributed by atoms with Crippen LogP contribution in [0.1, 0.15) is 38.2 Å². The number of rotatable bonds is 6. The molecule has 1 aliphatic heterocycles. The van der Waals surface area contributed by atoms with Crippen molar-refractivity contribution in [1.82, 2.24) is 4.31 Å². The van der Waals surface area contributed by atoms with E-state index >= 15 is 0 Å². The van der Waals surface area contributed by atoms with Crippen LogP contribution in [-0.2, 0) is 14.8 Å². The minimum Gasteiger partial charge on any atom is -0.495 e. The molecule has 0 aliphatic carbocycles. The highest BCUT2D eigenvalue weighted by Gasteiger charge is 2.34. The Morgan fingerprint density at radius 1 is 1.13 bits per heavy atom. The normalized spacial score (nSPS) is 15.9. The molecule has 0 spiro atoms. The quantitative estimate of drug-likeness (QED) is 0.746. The predicted octanol–water partition coefficient (Wildman–Crippen LogP) is 4.00. The highest BCUT2D eigenvalue weighted by molar-refractivity contribution is 7.89. The van der Waals surface area contributed by atoms with E-state index in [0.29, 0.717) is 24.3 Å². The lowest BCUT2D eigenvalue weighted by Crippen LogP contribution is -2.41. The summed E-state index contributed by atoms with van der Waals surface area (Å²) in [6.07, 6.45) is 0.830. The lowest BCUT2D eigenvalue weighted by atomic mass is 9.97. The van der Waals surface area contributed by atoms with Crippen LogP contribution >= 0.6 is 0 Å². The van der Waals surface area contributed by atoms with Gasteiger partial charge in [0.1, 0.15) is 16.5 Å². The Balaban J connectivity index is 1.70. The number of sulfonamides is 1. The fraction of sp³-hybridized carbons (Fsp3) is 0.409. The Morgan fingerprint density at radius 3 is 2.33 bits per heavy atom. The third-order valence-corrected chi connectivity index (χ3v) is 7.33. The van der Waals surface area contributed by atoms with Crippen LogP contribution in [0.3, 0.4) is 0 Å². The van der Waals surface area contributed by atoms with Gasteiger partial charge in [0.25, 0.3) is 0 Å². The summed E-state index contributed by atoms with van der Waals surface area (Å²) in [5.74, 6) is -0.353. The van der Waals surface area contributed by atoms with Crippen LogP contribution in [0, 0.1) is 11.7 Å². The van der Waals surface area contributed by atoms with Crippen LogP contribution in [0.25, 0.3) is 0 Å². The molecule has 1 fully saturated rings. The number of halogens is 1. The van der Waals surface area contributed by atoms with Crippen molar-refractivity contribution in [3.05, 3.63) is 53.8 Å². The number of hydrogen-bond donors (Lipinski definition) is 1. The van der Waals surface area contributed by atoms with E-state index in [1.807, 2.05) is 19.9 Å². The lowest BCUT2D eigenvalue weighted by Gasteiger charge is -2.31. The number of carbonyl (C=O) groups is 1. The van der Waals surface area contributed by atoms with Crippen LogP contribution in [0.5, 0.6) is 5.75 Å². The maximum absolute atomic E-state index is 13.3. The number of benzene rings is 2. The van der Waals surface area contributed by atoms with Gasteiger partial charge >= 0.3 is 0 Å². The maximum Gasteiger partial charge on any atom is 0.246 e. The van der Waals surface area contributed by atoms with Crippen molar-refractivity contribution in [3.8, 4) is 5.75 Å². The molecule has 0 saturated carbocycles. The zero-order chi connectivity index (χ0) is 21.9. The zero-order valence-corrected chi connectivity index (χ0v) is 18.2. The highest BCUT2D eigenvalue weighted by Crippen LogP contribution is 2.32. The van der Waals surface area contributed by atoms with Crippen LogP contribution in [0.15, 0.2) is 47.4 Å². The smallest absolute Gasteiger partial charge is 0.246 e. The second-order valence-corrected chi connectivity index (χ2v) is 9.65. The van der Waals surface area contributed by atoms with E-state index in [1.165, 1.54) is 35.7 Å². The summed E-state index contributed by atoms with van der Waals surface area (Å²) in [5.41, 5.74) is 1.44. The van der Waals surface area contributed by atoms with E-state index in [0.717, 1.165) is 5.56 Å². The number of nitrogens with one attached hydrogen (secondary N) is 1. The van der Waals surface area contributed by atoms with Crippen molar-refractivity contribution in [1.29, 1.82) is 0 Å². The molecule has 162 valence electrons. The molecule has 0 atom stereocenters. The number of ether oxygens (including phenoxy) is 1. The second kappa shape index (κ2) is 9.14. The minimum absolute atomic E-state index is 0.158. The fourth-order valence-electron chi connectivity index (χ4n) is 3.53. The molecule has 2 aromatic rings. The van der Waals surface area contributed by atoms with Gasteiger partial charge in [-0.3, -0.25) is 4.79 Å². The van der Waals surface area contributed by atoms with Gasteiger partial charge in [0.2, 0.25) is 15.9 Å². The molecule has 0 unspecified atom stereocenters. The van der Waals surface area contributed by atoms with Gasteiger partial charge in [0.05, 0.1) is 7.11 Å². The minimum atomic E-state index is -3.74. The molecule has 1 aliphatic rings. The van der Waals surface area contributed by atoms with E-state index in [2.05, 4.69) is 5.32 Å². The second-order valence-electron chi connectivity index (χ2n) is 7.74. The first-order chi connectivity index (χ1) is 14.2. The van der Waals surface area contributed by atoms with Crippen LogP contribution in [0.4, 0.5) is 10.1 Å². The molecule has 1 N–H and O–H groups in total. The molecule has 1 heterocycles. The number of carbonyl (C=O) groups excluding carboxylic acids is 1. The molecule has 1 saturated heterocycles. The van der Waals surface area contributed by atoms with E-state index in [-0.39, 0.29) is 41.5 Å². The van der Waals surface area contributed by atoms with E-state index in [9.17, 15) is 17.6 Å². The monoisotopic (exact) mass is 434 g/mol. The SMILES string of the molecule is COc1ccc(C(C)C)cc1S(=O)(=O)N1CCC(C(=O)Nc2ccc(F)cc2)CC1. The average molecular weight is 435 g/mol. The Kier molecular flexibility index (Phi) is 6.77. The Labute approximate surface area is 177 Å². The molecule has 30 heavy (non-hydrogen) atoms. The third-order valence-electron chi connectivity index (χ3n) is 5.41. The number of hydrogen-bond acceptors (Lipinski definition) is 4. The van der Waals surface area contributed by atoms with Gasteiger partial charge < -0.3 is 10.1 Å². The number of amides is 1. The van der Waals surface area contributed by atoms with Crippen molar-refractivity contribution in [3.63, 3.8) is 0 Å². The molecule has 1 amide bonds. The first kappa shape index (κ1) is 22.2. The number of anilines is 1. The first-order valence-electron chi connectivity index (χ1n) is 9.97. The number of methoxy groups -OCH3 is 1. The molecule has 0 aromatic heterocycles. The molecular weight excluding hydrogens is 407 g/mol. The summed E-state index contributed by atoms with van der Waals surface area (Å²) in [7, 11) is -2.28. The average Bonchev–Trinajstić information content (AvgIpc) is 2.74. The molecule has 0 bridgehead atoms. The van der Waals surface area contributed by atoms with Gasteiger partial charge in [-0.15, -0.1) is 0 Å². The third kappa shape index (κ3) is 4.82.